The van der Waals surface area contributed by atoms with Crippen LogP contribution in [0.3, 0.4) is 0 Å². The van der Waals surface area contributed by atoms with Crippen molar-refractivity contribution in [3.05, 3.63) is 69.6 Å². The molecular weight excluding hydrogens is 354 g/mol. The number of benzene rings is 1. The van der Waals surface area contributed by atoms with Gasteiger partial charge in [0.2, 0.25) is 5.91 Å². The van der Waals surface area contributed by atoms with E-state index in [0.29, 0.717) is 18.7 Å². The molecule has 4 rings (SSSR count). The first-order valence-electron chi connectivity index (χ1n) is 9.75. The van der Waals surface area contributed by atoms with Crippen molar-refractivity contribution in [1.82, 2.24) is 15.2 Å². The molecule has 1 amide bonds. The number of hydrogen-bond donors (Lipinski definition) is 3. The zero-order valence-electron chi connectivity index (χ0n) is 15.8. The minimum atomic E-state index is -0.381. The number of nitrogens with one attached hydrogen (secondary N) is 2. The highest BCUT2D eigenvalue weighted by atomic mass is 16.3. The summed E-state index contributed by atoms with van der Waals surface area (Å²) in [6, 6.07) is 13.2. The van der Waals surface area contributed by atoms with Gasteiger partial charge < -0.3 is 20.3 Å². The van der Waals surface area contributed by atoms with Crippen LogP contribution in [0.2, 0.25) is 0 Å². The van der Waals surface area contributed by atoms with Gasteiger partial charge in [0, 0.05) is 42.9 Å². The van der Waals surface area contributed by atoms with Crippen molar-refractivity contribution in [2.24, 2.45) is 11.8 Å². The number of aromatic nitrogens is 1. The van der Waals surface area contributed by atoms with Crippen molar-refractivity contribution in [3.63, 3.8) is 0 Å². The molecule has 2 bridgehead atoms. The number of carbonyl (C=O) groups excluding carboxylic acids is 1. The minimum absolute atomic E-state index is 0.0607. The molecule has 1 saturated heterocycles. The third kappa shape index (κ3) is 3.19. The second-order valence-corrected chi connectivity index (χ2v) is 7.39. The van der Waals surface area contributed by atoms with Crippen LogP contribution in [0, 0.1) is 11.8 Å². The largest absolute Gasteiger partial charge is 0.396 e. The summed E-state index contributed by atoms with van der Waals surface area (Å²) in [5.74, 6) is -0.663. The molecule has 4 atom stereocenters. The highest BCUT2D eigenvalue weighted by Crippen LogP contribution is 2.40. The average Bonchev–Trinajstić information content (AvgIpc) is 3.01. The number of nitrogens with zero attached hydrogens (tertiary/aromatic N) is 1. The molecule has 3 heterocycles. The maximum absolute atomic E-state index is 13.1. The molecule has 2 aromatic rings. The lowest BCUT2D eigenvalue weighted by atomic mass is 9.86. The molecule has 3 N–H and O–H groups in total. The Hall–Kier alpha value is -2.70. The van der Waals surface area contributed by atoms with Gasteiger partial charge in [0.1, 0.15) is 0 Å². The molecule has 2 aliphatic rings. The molecule has 1 fully saturated rings. The summed E-state index contributed by atoms with van der Waals surface area (Å²) < 4.78 is 1.76. The lowest BCUT2D eigenvalue weighted by Gasteiger charge is -2.28. The summed E-state index contributed by atoms with van der Waals surface area (Å²) in [7, 11) is 0. The van der Waals surface area contributed by atoms with E-state index in [1.165, 1.54) is 0 Å². The van der Waals surface area contributed by atoms with E-state index in [1.54, 1.807) is 4.57 Å². The van der Waals surface area contributed by atoms with E-state index in [9.17, 15) is 14.7 Å². The molecule has 0 saturated carbocycles. The second kappa shape index (κ2) is 7.73. The van der Waals surface area contributed by atoms with Gasteiger partial charge in [-0.15, -0.1) is 0 Å². The van der Waals surface area contributed by atoms with Crippen LogP contribution in [0.15, 0.2) is 47.3 Å². The zero-order chi connectivity index (χ0) is 19.7. The van der Waals surface area contributed by atoms with E-state index in [4.69, 9.17) is 0 Å². The highest BCUT2D eigenvalue weighted by Gasteiger charge is 2.50. The van der Waals surface area contributed by atoms with E-state index in [2.05, 4.69) is 10.6 Å². The maximum atomic E-state index is 13.1. The molecule has 0 unspecified atom stereocenters. The fraction of sp³-hybridized carbons (Fsp3) is 0.364. The predicted molar refractivity (Wildman–Crippen MR) is 108 cm³/mol. The Morgan fingerprint density at radius 1 is 1.25 bits per heavy atom. The third-order valence-corrected chi connectivity index (χ3v) is 5.79. The molecule has 1 aromatic heterocycles. The minimum Gasteiger partial charge on any atom is -0.396 e. The summed E-state index contributed by atoms with van der Waals surface area (Å²) in [5.41, 5.74) is 2.40. The first-order chi connectivity index (χ1) is 13.6. The van der Waals surface area contributed by atoms with E-state index in [1.807, 2.05) is 61.5 Å². The van der Waals surface area contributed by atoms with Crippen molar-refractivity contribution in [2.75, 3.05) is 13.2 Å². The fourth-order valence-electron chi connectivity index (χ4n) is 4.43. The Kier molecular flexibility index (Phi) is 5.15. The third-order valence-electron chi connectivity index (χ3n) is 5.79. The van der Waals surface area contributed by atoms with Crippen LogP contribution in [-0.2, 0) is 11.3 Å². The number of aliphatic hydroxyl groups is 1. The van der Waals surface area contributed by atoms with Gasteiger partial charge in [-0.2, -0.15) is 0 Å². The van der Waals surface area contributed by atoms with Crippen LogP contribution < -0.4 is 16.2 Å². The lowest BCUT2D eigenvalue weighted by Crippen LogP contribution is -2.43. The monoisotopic (exact) mass is 379 g/mol. The first-order valence-corrected chi connectivity index (χ1v) is 9.75. The summed E-state index contributed by atoms with van der Waals surface area (Å²) >= 11 is 0. The number of hydrogen-bond acceptors (Lipinski definition) is 4. The molecule has 0 radical (unpaired) electrons. The van der Waals surface area contributed by atoms with Gasteiger partial charge in [-0.3, -0.25) is 9.59 Å². The van der Waals surface area contributed by atoms with Crippen LogP contribution in [-0.4, -0.2) is 34.8 Å². The van der Waals surface area contributed by atoms with Crippen LogP contribution in [0.25, 0.3) is 12.2 Å². The summed E-state index contributed by atoms with van der Waals surface area (Å²) in [5, 5.41) is 16.2. The van der Waals surface area contributed by atoms with Crippen molar-refractivity contribution in [3.8, 4) is 0 Å². The van der Waals surface area contributed by atoms with Crippen molar-refractivity contribution in [2.45, 2.75) is 25.6 Å². The van der Waals surface area contributed by atoms with E-state index >= 15 is 0 Å². The van der Waals surface area contributed by atoms with Gasteiger partial charge in [-0.1, -0.05) is 36.4 Å². The molecule has 146 valence electrons. The quantitative estimate of drug-likeness (QED) is 0.734. The summed E-state index contributed by atoms with van der Waals surface area (Å²) in [6.45, 7) is 2.79. The molecule has 2 aliphatic heterocycles. The van der Waals surface area contributed by atoms with Crippen LogP contribution in [0.4, 0.5) is 0 Å². The van der Waals surface area contributed by atoms with Crippen molar-refractivity contribution in [1.29, 1.82) is 0 Å². The average molecular weight is 379 g/mol. The van der Waals surface area contributed by atoms with Crippen LogP contribution >= 0.6 is 0 Å². The van der Waals surface area contributed by atoms with Crippen molar-refractivity contribution < 1.29 is 9.90 Å². The van der Waals surface area contributed by atoms with Gasteiger partial charge in [0.25, 0.3) is 5.56 Å². The molecule has 0 aliphatic carbocycles. The maximum Gasteiger partial charge on any atom is 0.258 e. The summed E-state index contributed by atoms with van der Waals surface area (Å²) in [6.07, 6.45) is 3.76. The van der Waals surface area contributed by atoms with E-state index in [0.717, 1.165) is 11.3 Å². The molecule has 6 heteroatoms. The SMILES string of the molecule is CCNC(=O)[C@@H]1[C@@H](CO)[C@@H]2Cn3c(ccc(/C=C/c4ccccc4)c3=O)[C@H]1N2. The number of fused-ring (bicyclic) bond motifs is 4. The van der Waals surface area contributed by atoms with E-state index < -0.39 is 0 Å². The first kappa shape index (κ1) is 18.7. The van der Waals surface area contributed by atoms with E-state index in [-0.39, 0.29) is 42.0 Å². The zero-order valence-corrected chi connectivity index (χ0v) is 15.8. The lowest BCUT2D eigenvalue weighted by molar-refractivity contribution is -0.127. The number of pyridine rings is 1. The van der Waals surface area contributed by atoms with Gasteiger partial charge in [-0.05, 0) is 30.7 Å². The Balaban J connectivity index is 1.69. The predicted octanol–water partition coefficient (Wildman–Crippen LogP) is 1.41. The Morgan fingerprint density at radius 3 is 2.75 bits per heavy atom. The van der Waals surface area contributed by atoms with Crippen molar-refractivity contribution >= 4 is 18.1 Å². The number of amides is 1. The second-order valence-electron chi connectivity index (χ2n) is 7.39. The smallest absolute Gasteiger partial charge is 0.258 e. The molecule has 1 aromatic carbocycles. The number of rotatable bonds is 5. The molecule has 28 heavy (non-hydrogen) atoms. The van der Waals surface area contributed by atoms with Crippen LogP contribution in [0.1, 0.15) is 29.8 Å². The Labute approximate surface area is 163 Å². The normalized spacial score (nSPS) is 25.6. The topological polar surface area (TPSA) is 83.4 Å². The van der Waals surface area contributed by atoms with Gasteiger partial charge in [0.15, 0.2) is 0 Å². The highest BCUT2D eigenvalue weighted by molar-refractivity contribution is 5.80. The standard InChI is InChI=1S/C22H25N3O3/c1-2-23-21(27)19-16(13-26)17-12-25-18(20(19)24-17)11-10-15(22(25)28)9-8-14-6-4-3-5-7-14/h3-11,16-17,19-20,24,26H,2,12-13H2,1H3,(H,23,27)/b9-8+/t16-,17-,19+,20+/m0/s1. The number of carbonyl (C=O) groups is 1. The van der Waals surface area contributed by atoms with Crippen LogP contribution in [0.5, 0.6) is 0 Å². The molecule has 0 spiro atoms. The summed E-state index contributed by atoms with van der Waals surface area (Å²) in [4.78, 5) is 25.7. The van der Waals surface area contributed by atoms with Gasteiger partial charge in [-0.25, -0.2) is 0 Å². The molecule has 6 nitrogen and oxygen atoms in total. The van der Waals surface area contributed by atoms with Gasteiger partial charge >= 0.3 is 0 Å². The molecular formula is C22H25N3O3. The Bertz CT molecular complexity index is 951. The number of aliphatic hydroxyl groups excluding tert-OH is 1. The fourth-order valence-corrected chi connectivity index (χ4v) is 4.43. The van der Waals surface area contributed by atoms with Gasteiger partial charge in [0.05, 0.1) is 12.0 Å². The Morgan fingerprint density at radius 2 is 2.04 bits per heavy atom.